The van der Waals surface area contributed by atoms with Crippen molar-refractivity contribution in [1.82, 2.24) is 14.8 Å². The summed E-state index contributed by atoms with van der Waals surface area (Å²) in [6.45, 7) is 6.06. The lowest BCUT2D eigenvalue weighted by atomic mass is 9.87. The van der Waals surface area contributed by atoms with E-state index in [2.05, 4.69) is 9.80 Å². The molecule has 0 amide bonds. The fourth-order valence-corrected chi connectivity index (χ4v) is 5.24. The lowest BCUT2D eigenvalue weighted by molar-refractivity contribution is -0.0525. The second-order valence-electron chi connectivity index (χ2n) is 7.72. The fourth-order valence-electron chi connectivity index (χ4n) is 4.31. The molecule has 1 atom stereocenters. The van der Waals surface area contributed by atoms with Gasteiger partial charge < -0.3 is 14.9 Å². The molecule has 0 aromatic carbocycles. The zero-order chi connectivity index (χ0) is 17.3. The summed E-state index contributed by atoms with van der Waals surface area (Å²) in [4.78, 5) is 9.50. The Kier molecular flexibility index (Phi) is 5.41. The molecule has 0 unspecified atom stereocenters. The molecule has 2 N–H and O–H groups in total. The van der Waals surface area contributed by atoms with E-state index in [1.54, 1.807) is 11.3 Å². The van der Waals surface area contributed by atoms with Crippen molar-refractivity contribution >= 4 is 11.3 Å². The van der Waals surface area contributed by atoms with Gasteiger partial charge in [-0.05, 0) is 32.1 Å². The Morgan fingerprint density at radius 1 is 1.20 bits per heavy atom. The number of ether oxygens (including phenoxy) is 1. The van der Waals surface area contributed by atoms with Crippen LogP contribution >= 0.6 is 11.3 Å². The Bertz CT molecular complexity index is 568. The van der Waals surface area contributed by atoms with Crippen LogP contribution in [0, 0.1) is 0 Å². The van der Waals surface area contributed by atoms with Gasteiger partial charge in [0.25, 0.3) is 0 Å². The minimum atomic E-state index is -0.777. The number of aliphatic hydroxyl groups is 2. The molecule has 0 radical (unpaired) electrons. The molecule has 1 aromatic heterocycles. The van der Waals surface area contributed by atoms with Crippen molar-refractivity contribution in [2.75, 3.05) is 39.4 Å². The second kappa shape index (κ2) is 7.58. The number of aromatic nitrogens is 1. The predicted octanol–water partition coefficient (Wildman–Crippen LogP) is 1.17. The molecule has 0 bridgehead atoms. The monoisotopic (exact) mass is 367 g/mol. The van der Waals surface area contributed by atoms with Crippen LogP contribution in [0.1, 0.15) is 42.8 Å². The Morgan fingerprint density at radius 2 is 1.96 bits per heavy atom. The fraction of sp³-hybridized carbons (Fsp3) is 0.833. The number of hydrogen-bond donors (Lipinski definition) is 2. The molecule has 3 saturated heterocycles. The largest absolute Gasteiger partial charge is 0.392 e. The van der Waals surface area contributed by atoms with Crippen molar-refractivity contribution in [3.05, 3.63) is 16.1 Å². The summed E-state index contributed by atoms with van der Waals surface area (Å²) < 4.78 is 5.46. The molecule has 0 spiro atoms. The van der Waals surface area contributed by atoms with Gasteiger partial charge in [0.1, 0.15) is 10.6 Å². The number of β-amino-alcohol motifs (C(OH)–C–C–N with tert-alkyl or cyclic N) is 1. The highest BCUT2D eigenvalue weighted by molar-refractivity contribution is 7.09. The van der Waals surface area contributed by atoms with Crippen molar-refractivity contribution in [3.8, 4) is 0 Å². The van der Waals surface area contributed by atoms with E-state index in [-0.39, 0.29) is 6.10 Å². The summed E-state index contributed by atoms with van der Waals surface area (Å²) in [5.74, 6) is 0. The molecule has 7 heteroatoms. The second-order valence-corrected chi connectivity index (χ2v) is 8.66. The first-order valence-corrected chi connectivity index (χ1v) is 10.4. The standard InChI is InChI=1S/C18H29N3O3S/c22-15-1-6-20(11-15)12-17-19-16(13-25-17)18(23)4-7-21(8-5-18)14-2-9-24-10-3-14/h13-15,22-23H,1-12H2/t15-/m1/s1. The van der Waals surface area contributed by atoms with Crippen LogP contribution in [0.2, 0.25) is 0 Å². The molecule has 3 aliphatic heterocycles. The van der Waals surface area contributed by atoms with Crippen molar-refractivity contribution in [1.29, 1.82) is 0 Å². The van der Waals surface area contributed by atoms with Crippen LogP contribution in [0.25, 0.3) is 0 Å². The molecule has 140 valence electrons. The summed E-state index contributed by atoms with van der Waals surface area (Å²) in [5, 5.41) is 23.8. The molecule has 1 aromatic rings. The minimum Gasteiger partial charge on any atom is -0.392 e. The van der Waals surface area contributed by atoms with Crippen LogP contribution in [-0.4, -0.2) is 76.5 Å². The van der Waals surface area contributed by atoms with Gasteiger partial charge in [-0.3, -0.25) is 9.80 Å². The third kappa shape index (κ3) is 4.07. The molecule has 3 aliphatic rings. The first-order chi connectivity index (χ1) is 12.1. The van der Waals surface area contributed by atoms with Crippen molar-refractivity contribution in [2.45, 2.75) is 56.4 Å². The van der Waals surface area contributed by atoms with Gasteiger partial charge in [-0.2, -0.15) is 0 Å². The third-order valence-electron chi connectivity index (χ3n) is 5.97. The quantitative estimate of drug-likeness (QED) is 0.833. The zero-order valence-electron chi connectivity index (χ0n) is 14.8. The SMILES string of the molecule is O[C@@H]1CCN(Cc2nc(C3(O)CCN(C4CCOCC4)CC3)cs2)C1. The number of aliphatic hydroxyl groups excluding tert-OH is 1. The van der Waals surface area contributed by atoms with Crippen LogP contribution in [-0.2, 0) is 16.9 Å². The average Bonchev–Trinajstić information content (AvgIpc) is 3.26. The Balaban J connectivity index is 1.34. The molecular weight excluding hydrogens is 338 g/mol. The number of likely N-dealkylation sites (tertiary alicyclic amines) is 2. The van der Waals surface area contributed by atoms with Gasteiger partial charge in [-0.25, -0.2) is 4.98 Å². The Labute approximate surface area is 153 Å². The minimum absolute atomic E-state index is 0.196. The average molecular weight is 368 g/mol. The number of thiazole rings is 1. The highest BCUT2D eigenvalue weighted by Gasteiger charge is 2.38. The van der Waals surface area contributed by atoms with Gasteiger partial charge in [0.2, 0.25) is 0 Å². The van der Waals surface area contributed by atoms with Crippen LogP contribution in [0.5, 0.6) is 0 Å². The van der Waals surface area contributed by atoms with Crippen LogP contribution in [0.4, 0.5) is 0 Å². The van der Waals surface area contributed by atoms with Crippen molar-refractivity contribution in [3.63, 3.8) is 0 Å². The first kappa shape index (κ1) is 17.8. The van der Waals surface area contributed by atoms with E-state index in [0.29, 0.717) is 6.04 Å². The van der Waals surface area contributed by atoms with Crippen molar-refractivity contribution in [2.24, 2.45) is 0 Å². The van der Waals surface area contributed by atoms with Gasteiger partial charge >= 0.3 is 0 Å². The number of piperidine rings is 1. The molecule has 4 rings (SSSR count). The molecule has 6 nitrogen and oxygen atoms in total. The van der Waals surface area contributed by atoms with Crippen molar-refractivity contribution < 1.29 is 14.9 Å². The molecule has 4 heterocycles. The summed E-state index contributed by atoms with van der Waals surface area (Å²) in [5.41, 5.74) is 0.0693. The Hall–Kier alpha value is -0.570. The first-order valence-electron chi connectivity index (χ1n) is 9.52. The summed E-state index contributed by atoms with van der Waals surface area (Å²) in [6.07, 6.45) is 4.40. The normalized spacial score (nSPS) is 29.3. The van der Waals surface area contributed by atoms with E-state index in [9.17, 15) is 10.2 Å². The highest BCUT2D eigenvalue weighted by atomic mass is 32.1. The Morgan fingerprint density at radius 3 is 2.64 bits per heavy atom. The van der Waals surface area contributed by atoms with E-state index < -0.39 is 5.60 Å². The van der Waals surface area contributed by atoms with Gasteiger partial charge in [0.15, 0.2) is 0 Å². The van der Waals surface area contributed by atoms with E-state index in [0.717, 1.165) is 88.7 Å². The van der Waals surface area contributed by atoms with E-state index in [4.69, 9.17) is 9.72 Å². The van der Waals surface area contributed by atoms with Gasteiger partial charge in [0, 0.05) is 50.8 Å². The van der Waals surface area contributed by atoms with Crippen LogP contribution < -0.4 is 0 Å². The molecule has 0 aliphatic carbocycles. The number of nitrogens with zero attached hydrogens (tertiary/aromatic N) is 3. The summed E-state index contributed by atoms with van der Waals surface area (Å²) in [7, 11) is 0. The van der Waals surface area contributed by atoms with E-state index >= 15 is 0 Å². The molecule has 25 heavy (non-hydrogen) atoms. The smallest absolute Gasteiger partial charge is 0.110 e. The van der Waals surface area contributed by atoms with E-state index in [1.165, 1.54) is 0 Å². The van der Waals surface area contributed by atoms with Crippen LogP contribution in [0.15, 0.2) is 5.38 Å². The number of hydrogen-bond acceptors (Lipinski definition) is 7. The van der Waals surface area contributed by atoms with Crippen LogP contribution in [0.3, 0.4) is 0 Å². The maximum Gasteiger partial charge on any atom is 0.110 e. The summed E-state index contributed by atoms with van der Waals surface area (Å²) in [6, 6.07) is 0.617. The number of rotatable bonds is 4. The highest BCUT2D eigenvalue weighted by Crippen LogP contribution is 2.35. The maximum atomic E-state index is 11.1. The molecular formula is C18H29N3O3S. The lowest BCUT2D eigenvalue weighted by Gasteiger charge is -2.42. The topological polar surface area (TPSA) is 69.1 Å². The molecule has 0 saturated carbocycles. The third-order valence-corrected chi connectivity index (χ3v) is 6.80. The van der Waals surface area contributed by atoms with Gasteiger partial charge in [0.05, 0.1) is 18.3 Å². The van der Waals surface area contributed by atoms with E-state index in [1.807, 2.05) is 5.38 Å². The van der Waals surface area contributed by atoms with Gasteiger partial charge in [-0.1, -0.05) is 0 Å². The van der Waals surface area contributed by atoms with Gasteiger partial charge in [-0.15, -0.1) is 11.3 Å². The summed E-state index contributed by atoms with van der Waals surface area (Å²) >= 11 is 1.63. The molecule has 3 fully saturated rings. The predicted molar refractivity (Wildman–Crippen MR) is 96.6 cm³/mol. The zero-order valence-corrected chi connectivity index (χ0v) is 15.6. The maximum absolute atomic E-state index is 11.1. The lowest BCUT2D eigenvalue weighted by Crippen LogP contribution is -2.48.